The summed E-state index contributed by atoms with van der Waals surface area (Å²) in [5, 5.41) is 22.9. The van der Waals surface area contributed by atoms with Gasteiger partial charge in [-0.1, -0.05) is 36.4 Å². The Kier molecular flexibility index (Phi) is 3.06. The molecule has 1 unspecified atom stereocenters. The van der Waals surface area contributed by atoms with Crippen molar-refractivity contribution in [2.45, 2.75) is 12.6 Å². The number of fused-ring (bicyclic) bond motifs is 4. The Morgan fingerprint density at radius 3 is 2.50 bits per heavy atom. The van der Waals surface area contributed by atoms with Crippen LogP contribution in [-0.4, -0.2) is 26.7 Å². The van der Waals surface area contributed by atoms with Crippen LogP contribution in [0.3, 0.4) is 0 Å². The molecule has 1 aliphatic heterocycles. The lowest BCUT2D eigenvalue weighted by Gasteiger charge is -2.15. The van der Waals surface area contributed by atoms with Gasteiger partial charge in [-0.2, -0.15) is 0 Å². The van der Waals surface area contributed by atoms with Gasteiger partial charge in [-0.15, -0.1) is 0 Å². The van der Waals surface area contributed by atoms with Crippen LogP contribution in [0.1, 0.15) is 27.7 Å². The number of carboxylic acids is 2. The molecule has 2 heterocycles. The van der Waals surface area contributed by atoms with E-state index in [4.69, 9.17) is 0 Å². The molecule has 3 aromatic rings. The third kappa shape index (κ3) is 1.96. The number of nitrogens with one attached hydrogen (secondary N) is 1. The number of aliphatic carboxylic acids is 1. The molecule has 1 aliphatic rings. The SMILES string of the molecule is O=C(O)c1c2n(c3ccccc13)Cc1ccccc1NC2C(=O)O. The highest BCUT2D eigenvalue weighted by Gasteiger charge is 2.34. The van der Waals surface area contributed by atoms with Crippen molar-refractivity contribution in [3.05, 3.63) is 65.4 Å². The predicted octanol–water partition coefficient (Wildman–Crippen LogP) is 2.94. The highest BCUT2D eigenvalue weighted by Crippen LogP contribution is 2.36. The number of rotatable bonds is 2. The average Bonchev–Trinajstić information content (AvgIpc) is 2.77. The molecule has 0 bridgehead atoms. The van der Waals surface area contributed by atoms with Gasteiger partial charge in [-0.3, -0.25) is 0 Å². The van der Waals surface area contributed by atoms with Crippen LogP contribution in [0.25, 0.3) is 10.9 Å². The summed E-state index contributed by atoms with van der Waals surface area (Å²) >= 11 is 0. The number of carboxylic acid groups (broad SMARTS) is 2. The van der Waals surface area contributed by atoms with Gasteiger partial charge < -0.3 is 20.1 Å². The quantitative estimate of drug-likeness (QED) is 0.675. The highest BCUT2D eigenvalue weighted by molar-refractivity contribution is 6.06. The van der Waals surface area contributed by atoms with Gasteiger partial charge in [0.25, 0.3) is 0 Å². The lowest BCUT2D eigenvalue weighted by molar-refractivity contribution is -0.138. The number of benzene rings is 2. The molecule has 0 saturated heterocycles. The number of para-hydroxylation sites is 2. The number of anilines is 1. The second-order valence-corrected chi connectivity index (χ2v) is 5.74. The molecule has 1 aromatic heterocycles. The van der Waals surface area contributed by atoms with Crippen molar-refractivity contribution in [2.75, 3.05) is 5.32 Å². The Morgan fingerprint density at radius 2 is 1.75 bits per heavy atom. The molecular formula is C18H14N2O4. The maximum absolute atomic E-state index is 11.9. The molecule has 6 heteroatoms. The molecule has 0 saturated carbocycles. The monoisotopic (exact) mass is 322 g/mol. The summed E-state index contributed by atoms with van der Waals surface area (Å²) < 4.78 is 1.79. The van der Waals surface area contributed by atoms with Crippen molar-refractivity contribution in [3.8, 4) is 0 Å². The third-order valence-corrected chi connectivity index (χ3v) is 4.39. The van der Waals surface area contributed by atoms with E-state index in [9.17, 15) is 19.8 Å². The van der Waals surface area contributed by atoms with Gasteiger partial charge in [0.1, 0.15) is 0 Å². The summed E-state index contributed by atoms with van der Waals surface area (Å²) in [6.07, 6.45) is 0. The fourth-order valence-corrected chi connectivity index (χ4v) is 3.39. The number of hydrogen-bond donors (Lipinski definition) is 3. The van der Waals surface area contributed by atoms with Crippen molar-refractivity contribution < 1.29 is 19.8 Å². The zero-order chi connectivity index (χ0) is 16.8. The fourth-order valence-electron chi connectivity index (χ4n) is 3.39. The first-order valence-electron chi connectivity index (χ1n) is 7.49. The molecule has 2 aromatic carbocycles. The van der Waals surface area contributed by atoms with Crippen LogP contribution in [0, 0.1) is 0 Å². The molecule has 3 N–H and O–H groups in total. The van der Waals surface area contributed by atoms with Gasteiger partial charge in [0, 0.05) is 16.6 Å². The zero-order valence-corrected chi connectivity index (χ0v) is 12.6. The van der Waals surface area contributed by atoms with Crippen LogP contribution in [0.4, 0.5) is 5.69 Å². The average molecular weight is 322 g/mol. The topological polar surface area (TPSA) is 91.6 Å². The molecule has 1 atom stereocenters. The van der Waals surface area contributed by atoms with Crippen LogP contribution < -0.4 is 5.32 Å². The normalized spacial score (nSPS) is 15.9. The van der Waals surface area contributed by atoms with Gasteiger partial charge in [0.2, 0.25) is 0 Å². The molecule has 6 nitrogen and oxygen atoms in total. The van der Waals surface area contributed by atoms with Crippen LogP contribution in [0.5, 0.6) is 0 Å². The van der Waals surface area contributed by atoms with E-state index in [2.05, 4.69) is 5.32 Å². The van der Waals surface area contributed by atoms with Gasteiger partial charge in [0.05, 0.1) is 17.8 Å². The number of hydrogen-bond acceptors (Lipinski definition) is 3. The zero-order valence-electron chi connectivity index (χ0n) is 12.6. The van der Waals surface area contributed by atoms with Gasteiger partial charge >= 0.3 is 11.9 Å². The van der Waals surface area contributed by atoms with E-state index in [0.717, 1.165) is 11.1 Å². The van der Waals surface area contributed by atoms with Gasteiger partial charge in [0.15, 0.2) is 6.04 Å². The van der Waals surface area contributed by atoms with Crippen LogP contribution >= 0.6 is 0 Å². The number of aromatic carboxylic acids is 1. The van der Waals surface area contributed by atoms with E-state index in [-0.39, 0.29) is 11.3 Å². The largest absolute Gasteiger partial charge is 0.479 e. The van der Waals surface area contributed by atoms with Crippen molar-refractivity contribution in [2.24, 2.45) is 0 Å². The predicted molar refractivity (Wildman–Crippen MR) is 88.4 cm³/mol. The summed E-state index contributed by atoms with van der Waals surface area (Å²) in [5.74, 6) is -2.24. The standard InChI is InChI=1S/C18H14N2O4/c21-17(22)14-11-6-2-4-8-13(11)20-9-10-5-1-3-7-12(10)19-15(16(14)20)18(23)24/h1-8,15,19H,9H2,(H,21,22)(H,23,24). The Hall–Kier alpha value is -3.28. The summed E-state index contributed by atoms with van der Waals surface area (Å²) in [6, 6.07) is 13.4. The van der Waals surface area contributed by atoms with Gasteiger partial charge in [-0.05, 0) is 17.7 Å². The van der Waals surface area contributed by atoms with Crippen LogP contribution in [0.2, 0.25) is 0 Å². The molecule has 0 amide bonds. The smallest absolute Gasteiger partial charge is 0.338 e. The van der Waals surface area contributed by atoms with E-state index >= 15 is 0 Å². The van der Waals surface area contributed by atoms with Crippen molar-refractivity contribution in [3.63, 3.8) is 0 Å². The van der Waals surface area contributed by atoms with Crippen molar-refractivity contribution in [1.29, 1.82) is 0 Å². The molecule has 24 heavy (non-hydrogen) atoms. The number of nitrogens with zero attached hydrogens (tertiary/aromatic N) is 1. The Labute approximate surface area is 137 Å². The molecular weight excluding hydrogens is 308 g/mol. The Balaban J connectivity index is 2.10. The molecule has 0 fully saturated rings. The molecule has 0 spiro atoms. The molecule has 0 radical (unpaired) electrons. The summed E-state index contributed by atoms with van der Waals surface area (Å²) in [4.78, 5) is 23.7. The number of aromatic nitrogens is 1. The minimum Gasteiger partial charge on any atom is -0.479 e. The molecule has 120 valence electrons. The van der Waals surface area contributed by atoms with E-state index in [1.165, 1.54) is 0 Å². The second kappa shape index (κ2) is 5.13. The first-order chi connectivity index (χ1) is 11.6. The molecule has 0 aliphatic carbocycles. The maximum atomic E-state index is 11.9. The third-order valence-electron chi connectivity index (χ3n) is 4.39. The summed E-state index contributed by atoms with van der Waals surface area (Å²) in [6.45, 7) is 0.413. The van der Waals surface area contributed by atoms with Gasteiger partial charge in [-0.25, -0.2) is 9.59 Å². The lowest BCUT2D eigenvalue weighted by atomic mass is 10.1. The van der Waals surface area contributed by atoms with E-state index < -0.39 is 18.0 Å². The summed E-state index contributed by atoms with van der Waals surface area (Å²) in [5.41, 5.74) is 2.65. The molecule has 4 rings (SSSR count). The van der Waals surface area contributed by atoms with E-state index in [1.54, 1.807) is 22.8 Å². The first kappa shape index (κ1) is 14.3. The van der Waals surface area contributed by atoms with E-state index in [1.807, 2.05) is 30.3 Å². The van der Waals surface area contributed by atoms with Crippen molar-refractivity contribution in [1.82, 2.24) is 4.57 Å². The highest BCUT2D eigenvalue weighted by atomic mass is 16.4. The minimum atomic E-state index is -1.13. The minimum absolute atomic E-state index is 0.0401. The van der Waals surface area contributed by atoms with Crippen LogP contribution in [0.15, 0.2) is 48.5 Å². The Bertz CT molecular complexity index is 990. The Morgan fingerprint density at radius 1 is 1.04 bits per heavy atom. The second-order valence-electron chi connectivity index (χ2n) is 5.74. The van der Waals surface area contributed by atoms with Crippen LogP contribution in [-0.2, 0) is 11.3 Å². The van der Waals surface area contributed by atoms with E-state index in [0.29, 0.717) is 17.6 Å². The number of carbonyl (C=O) groups is 2. The lowest BCUT2D eigenvalue weighted by Crippen LogP contribution is -2.23. The summed E-state index contributed by atoms with van der Waals surface area (Å²) in [7, 11) is 0. The fraction of sp³-hybridized carbons (Fsp3) is 0.111. The maximum Gasteiger partial charge on any atom is 0.338 e. The van der Waals surface area contributed by atoms with Crippen molar-refractivity contribution >= 4 is 28.5 Å². The first-order valence-corrected chi connectivity index (χ1v) is 7.49.